The van der Waals surface area contributed by atoms with Crippen LogP contribution in [0.4, 0.5) is 0 Å². The summed E-state index contributed by atoms with van der Waals surface area (Å²) in [4.78, 5) is 26.6. The maximum absolute atomic E-state index is 12.2. The fraction of sp³-hybridized carbons (Fsp3) is 0.333. The number of aromatic nitrogens is 3. The molecule has 1 amide bonds. The molecule has 0 saturated heterocycles. The summed E-state index contributed by atoms with van der Waals surface area (Å²) < 4.78 is 10.3. The van der Waals surface area contributed by atoms with Crippen LogP contribution >= 0.6 is 0 Å². The number of benzene rings is 1. The van der Waals surface area contributed by atoms with E-state index in [1.54, 1.807) is 37.5 Å². The third kappa shape index (κ3) is 5.82. The number of carbonyl (C=O) groups excluding carboxylic acids is 1. The largest absolute Gasteiger partial charge is 0.490 e. The van der Waals surface area contributed by atoms with Gasteiger partial charge in [-0.1, -0.05) is 24.8 Å². The highest BCUT2D eigenvalue weighted by Gasteiger charge is 2.10. The number of amides is 1. The van der Waals surface area contributed by atoms with Crippen LogP contribution in [0.25, 0.3) is 11.4 Å². The minimum atomic E-state index is -0.364. The zero-order chi connectivity index (χ0) is 18.8. The maximum atomic E-state index is 12.2. The van der Waals surface area contributed by atoms with E-state index in [4.69, 9.17) is 9.47 Å². The first-order chi connectivity index (χ1) is 12.6. The normalized spacial score (nSPS) is 10.3. The Bertz CT molecular complexity index is 804. The molecule has 8 nitrogen and oxygen atoms in total. The number of hydrogen-bond donors (Lipinski definition) is 2. The van der Waals surface area contributed by atoms with Gasteiger partial charge in [0.05, 0.1) is 6.61 Å². The molecule has 0 saturated carbocycles. The summed E-state index contributed by atoms with van der Waals surface area (Å²) in [6.45, 7) is 4.86. The van der Waals surface area contributed by atoms with Gasteiger partial charge >= 0.3 is 0 Å². The standard InChI is InChI=1S/C18H22N4O4/c1-3-10-26-14-6-4-5-13(12-14)17-20-18(24)15(21-22-17)7-8-16(23)19-9-11-25-2/h3-6,12H,1,7-11H2,2H3,(H,19,23)(H,20,22,24). The van der Waals surface area contributed by atoms with Crippen LogP contribution in [0, 0.1) is 0 Å². The molecule has 0 spiro atoms. The lowest BCUT2D eigenvalue weighted by molar-refractivity contribution is -0.121. The second kappa shape index (κ2) is 10.1. The molecule has 0 radical (unpaired) electrons. The van der Waals surface area contributed by atoms with E-state index in [1.165, 1.54) is 0 Å². The van der Waals surface area contributed by atoms with Crippen molar-refractivity contribution in [3.05, 3.63) is 53.0 Å². The number of ether oxygens (including phenoxy) is 2. The first-order valence-electron chi connectivity index (χ1n) is 8.19. The van der Waals surface area contributed by atoms with E-state index in [-0.39, 0.29) is 30.0 Å². The number of aryl methyl sites for hydroxylation is 1. The van der Waals surface area contributed by atoms with Crippen molar-refractivity contribution in [3.63, 3.8) is 0 Å². The van der Waals surface area contributed by atoms with Crippen LogP contribution in [-0.4, -0.2) is 48.0 Å². The molecule has 0 atom stereocenters. The lowest BCUT2D eigenvalue weighted by Crippen LogP contribution is -2.28. The van der Waals surface area contributed by atoms with Gasteiger partial charge in [0, 0.05) is 32.1 Å². The minimum Gasteiger partial charge on any atom is -0.490 e. The summed E-state index contributed by atoms with van der Waals surface area (Å²) in [6.07, 6.45) is 2.02. The quantitative estimate of drug-likeness (QED) is 0.486. The zero-order valence-electron chi connectivity index (χ0n) is 14.7. The summed E-state index contributed by atoms with van der Waals surface area (Å²) >= 11 is 0. The van der Waals surface area contributed by atoms with Gasteiger partial charge in [-0.25, -0.2) is 0 Å². The molecule has 0 aliphatic carbocycles. The Morgan fingerprint density at radius 2 is 2.23 bits per heavy atom. The molecule has 1 heterocycles. The van der Waals surface area contributed by atoms with E-state index >= 15 is 0 Å². The van der Waals surface area contributed by atoms with Gasteiger partial charge in [0.1, 0.15) is 18.1 Å². The Balaban J connectivity index is 2.02. The highest BCUT2D eigenvalue weighted by Crippen LogP contribution is 2.19. The van der Waals surface area contributed by atoms with Crippen molar-refractivity contribution in [2.45, 2.75) is 12.8 Å². The van der Waals surface area contributed by atoms with E-state index in [0.29, 0.717) is 36.9 Å². The molecule has 2 rings (SSSR count). The summed E-state index contributed by atoms with van der Waals surface area (Å²) in [6, 6.07) is 7.15. The highest BCUT2D eigenvalue weighted by atomic mass is 16.5. The van der Waals surface area contributed by atoms with Crippen LogP contribution < -0.4 is 15.6 Å². The number of carbonyl (C=O) groups is 1. The molecule has 0 fully saturated rings. The molecule has 1 aromatic heterocycles. The van der Waals surface area contributed by atoms with Gasteiger partial charge in [-0.15, -0.1) is 10.2 Å². The van der Waals surface area contributed by atoms with Gasteiger partial charge in [0.15, 0.2) is 5.82 Å². The topological polar surface area (TPSA) is 106 Å². The number of hydrogen-bond acceptors (Lipinski definition) is 6. The molecular formula is C18H22N4O4. The van der Waals surface area contributed by atoms with Crippen molar-refractivity contribution >= 4 is 5.91 Å². The van der Waals surface area contributed by atoms with Crippen LogP contribution in [0.5, 0.6) is 5.75 Å². The maximum Gasteiger partial charge on any atom is 0.273 e. The molecule has 0 aliphatic rings. The Morgan fingerprint density at radius 1 is 1.38 bits per heavy atom. The van der Waals surface area contributed by atoms with Gasteiger partial charge in [0.25, 0.3) is 5.56 Å². The minimum absolute atomic E-state index is 0.158. The Hall–Kier alpha value is -3.00. The van der Waals surface area contributed by atoms with Crippen LogP contribution in [0.3, 0.4) is 0 Å². The number of rotatable bonds is 10. The number of methoxy groups -OCH3 is 1. The second-order valence-corrected chi connectivity index (χ2v) is 5.42. The van der Waals surface area contributed by atoms with Crippen LogP contribution in [0.2, 0.25) is 0 Å². The predicted octanol–water partition coefficient (Wildman–Crippen LogP) is 1.09. The van der Waals surface area contributed by atoms with Crippen LogP contribution in [0.1, 0.15) is 12.1 Å². The van der Waals surface area contributed by atoms with Gasteiger partial charge < -0.3 is 19.8 Å². The molecule has 1 aromatic carbocycles. The van der Waals surface area contributed by atoms with Gasteiger partial charge in [-0.05, 0) is 12.1 Å². The van der Waals surface area contributed by atoms with E-state index in [2.05, 4.69) is 27.1 Å². The number of nitrogens with zero attached hydrogens (tertiary/aromatic N) is 2. The Labute approximate surface area is 151 Å². The first kappa shape index (κ1) is 19.3. The molecule has 138 valence electrons. The van der Waals surface area contributed by atoms with Gasteiger partial charge in [0.2, 0.25) is 5.91 Å². The summed E-state index contributed by atoms with van der Waals surface area (Å²) in [5, 5.41) is 10.7. The molecule has 26 heavy (non-hydrogen) atoms. The SMILES string of the molecule is C=CCOc1cccc(-c2nnc(CCC(=O)NCCOC)c(=O)[nH]2)c1. The first-order valence-corrected chi connectivity index (χ1v) is 8.19. The number of nitrogens with one attached hydrogen (secondary N) is 2. The van der Waals surface area contributed by atoms with Crippen molar-refractivity contribution < 1.29 is 14.3 Å². The van der Waals surface area contributed by atoms with E-state index in [1.807, 2.05) is 0 Å². The Kier molecular flexibility index (Phi) is 7.50. The summed E-state index contributed by atoms with van der Waals surface area (Å²) in [7, 11) is 1.56. The highest BCUT2D eigenvalue weighted by molar-refractivity contribution is 5.76. The molecular weight excluding hydrogens is 336 g/mol. The molecule has 0 bridgehead atoms. The van der Waals surface area contributed by atoms with E-state index in [9.17, 15) is 9.59 Å². The van der Waals surface area contributed by atoms with Gasteiger partial charge in [-0.3, -0.25) is 9.59 Å². The molecule has 0 aliphatic heterocycles. The smallest absolute Gasteiger partial charge is 0.273 e. The van der Waals surface area contributed by atoms with Crippen molar-refractivity contribution in [1.82, 2.24) is 20.5 Å². The average Bonchev–Trinajstić information content (AvgIpc) is 2.66. The predicted molar refractivity (Wildman–Crippen MR) is 97.0 cm³/mol. The molecule has 2 aromatic rings. The van der Waals surface area contributed by atoms with Crippen molar-refractivity contribution in [2.75, 3.05) is 26.9 Å². The third-order valence-corrected chi connectivity index (χ3v) is 3.46. The Morgan fingerprint density at radius 3 is 2.96 bits per heavy atom. The molecule has 2 N–H and O–H groups in total. The van der Waals surface area contributed by atoms with Crippen LogP contribution in [-0.2, 0) is 16.0 Å². The monoisotopic (exact) mass is 358 g/mol. The fourth-order valence-electron chi connectivity index (χ4n) is 2.16. The van der Waals surface area contributed by atoms with E-state index < -0.39 is 0 Å². The van der Waals surface area contributed by atoms with Crippen LogP contribution in [0.15, 0.2) is 41.7 Å². The van der Waals surface area contributed by atoms with Crippen molar-refractivity contribution in [3.8, 4) is 17.1 Å². The molecule has 8 heteroatoms. The van der Waals surface area contributed by atoms with Crippen molar-refractivity contribution in [2.24, 2.45) is 0 Å². The average molecular weight is 358 g/mol. The zero-order valence-corrected chi connectivity index (χ0v) is 14.7. The lowest BCUT2D eigenvalue weighted by Gasteiger charge is -2.06. The van der Waals surface area contributed by atoms with Gasteiger partial charge in [-0.2, -0.15) is 0 Å². The fourth-order valence-corrected chi connectivity index (χ4v) is 2.16. The summed E-state index contributed by atoms with van der Waals surface area (Å²) in [5.41, 5.74) is 0.534. The van der Waals surface area contributed by atoms with Crippen molar-refractivity contribution in [1.29, 1.82) is 0 Å². The van der Waals surface area contributed by atoms with E-state index in [0.717, 1.165) is 0 Å². The third-order valence-electron chi connectivity index (χ3n) is 3.46. The lowest BCUT2D eigenvalue weighted by atomic mass is 10.2. The second-order valence-electron chi connectivity index (χ2n) is 5.42. The number of H-pyrrole nitrogens is 1. The summed E-state index contributed by atoms with van der Waals surface area (Å²) in [5.74, 6) is 0.814. The molecule has 0 unspecified atom stereocenters. The number of aromatic amines is 1.